The van der Waals surface area contributed by atoms with Gasteiger partial charge in [-0.25, -0.2) is 4.68 Å². The highest BCUT2D eigenvalue weighted by molar-refractivity contribution is 6.30. The third-order valence-corrected chi connectivity index (χ3v) is 3.06. The van der Waals surface area contributed by atoms with E-state index in [2.05, 4.69) is 15.6 Å². The number of nitrogens with zero attached hydrogens (tertiary/aromatic N) is 3. The molecule has 1 aromatic heterocycles. The number of amides is 1. The van der Waals surface area contributed by atoms with E-state index in [9.17, 15) is 4.79 Å². The molecular formula is C14H11ClN4O. The number of halogens is 1. The summed E-state index contributed by atoms with van der Waals surface area (Å²) in [6, 6.07) is 14.5. The van der Waals surface area contributed by atoms with E-state index in [1.165, 1.54) is 0 Å². The van der Waals surface area contributed by atoms with Crippen molar-refractivity contribution in [1.82, 2.24) is 15.0 Å². The van der Waals surface area contributed by atoms with Crippen LogP contribution in [-0.2, 0) is 11.3 Å². The van der Waals surface area contributed by atoms with Gasteiger partial charge in [-0.2, -0.15) is 0 Å². The quantitative estimate of drug-likeness (QED) is 0.805. The summed E-state index contributed by atoms with van der Waals surface area (Å²) in [5.74, 6) is -0.178. The van der Waals surface area contributed by atoms with Crippen LogP contribution in [0.3, 0.4) is 0 Å². The van der Waals surface area contributed by atoms with E-state index in [4.69, 9.17) is 11.6 Å². The maximum Gasteiger partial charge on any atom is 0.246 e. The Kier molecular flexibility index (Phi) is 3.35. The number of benzene rings is 2. The highest BCUT2D eigenvalue weighted by atomic mass is 35.5. The van der Waals surface area contributed by atoms with Crippen molar-refractivity contribution in [2.45, 2.75) is 6.54 Å². The first kappa shape index (κ1) is 12.6. The van der Waals surface area contributed by atoms with E-state index in [0.717, 1.165) is 11.0 Å². The van der Waals surface area contributed by atoms with Crippen LogP contribution in [0.4, 0.5) is 5.69 Å². The Morgan fingerprint density at radius 1 is 1.20 bits per heavy atom. The standard InChI is InChI=1S/C14H11ClN4O/c15-10-4-3-5-11(8-10)16-14(20)9-19-13-7-2-1-6-12(13)17-18-19/h1-8H,9H2,(H,16,20). The van der Waals surface area contributed by atoms with E-state index >= 15 is 0 Å². The SMILES string of the molecule is O=C(Cn1nnc2ccccc21)Nc1cccc(Cl)c1. The third-order valence-electron chi connectivity index (χ3n) is 2.82. The summed E-state index contributed by atoms with van der Waals surface area (Å²) in [7, 11) is 0. The number of carbonyl (C=O) groups excluding carboxylic acids is 1. The number of fused-ring (bicyclic) bond motifs is 1. The molecule has 0 radical (unpaired) electrons. The third kappa shape index (κ3) is 2.62. The van der Waals surface area contributed by atoms with Gasteiger partial charge in [0.1, 0.15) is 12.1 Å². The van der Waals surface area contributed by atoms with Crippen molar-refractivity contribution in [3.8, 4) is 0 Å². The van der Waals surface area contributed by atoms with Gasteiger partial charge in [0.2, 0.25) is 5.91 Å². The van der Waals surface area contributed by atoms with E-state index < -0.39 is 0 Å². The number of hydrogen-bond acceptors (Lipinski definition) is 3. The van der Waals surface area contributed by atoms with Crippen molar-refractivity contribution in [3.05, 3.63) is 53.6 Å². The Morgan fingerprint density at radius 2 is 2.05 bits per heavy atom. The Hall–Kier alpha value is -2.40. The van der Waals surface area contributed by atoms with E-state index in [1.807, 2.05) is 24.3 Å². The first-order valence-electron chi connectivity index (χ1n) is 6.06. The van der Waals surface area contributed by atoms with Crippen LogP contribution in [-0.4, -0.2) is 20.9 Å². The van der Waals surface area contributed by atoms with Crippen LogP contribution in [0, 0.1) is 0 Å². The zero-order valence-electron chi connectivity index (χ0n) is 10.5. The second-order valence-corrected chi connectivity index (χ2v) is 4.73. The molecule has 5 nitrogen and oxygen atoms in total. The summed E-state index contributed by atoms with van der Waals surface area (Å²) in [6.45, 7) is 0.104. The van der Waals surface area contributed by atoms with Crippen molar-refractivity contribution in [2.75, 3.05) is 5.32 Å². The first-order valence-corrected chi connectivity index (χ1v) is 6.44. The molecule has 0 unspecified atom stereocenters. The molecule has 20 heavy (non-hydrogen) atoms. The molecule has 3 aromatic rings. The minimum atomic E-state index is -0.178. The molecule has 0 fully saturated rings. The lowest BCUT2D eigenvalue weighted by molar-refractivity contribution is -0.116. The fourth-order valence-electron chi connectivity index (χ4n) is 1.94. The number of carbonyl (C=O) groups is 1. The van der Waals surface area contributed by atoms with Gasteiger partial charge in [-0.1, -0.05) is 35.0 Å². The molecule has 0 aliphatic carbocycles. The topological polar surface area (TPSA) is 59.8 Å². The van der Waals surface area contributed by atoms with Gasteiger partial charge in [0.15, 0.2) is 0 Å². The summed E-state index contributed by atoms with van der Waals surface area (Å²) in [4.78, 5) is 12.0. The Balaban J connectivity index is 1.76. The molecule has 0 spiro atoms. The predicted octanol–water partition coefficient (Wildman–Crippen LogP) is 2.72. The number of aromatic nitrogens is 3. The number of nitrogens with one attached hydrogen (secondary N) is 1. The number of rotatable bonds is 3. The first-order chi connectivity index (χ1) is 9.72. The summed E-state index contributed by atoms with van der Waals surface area (Å²) in [6.07, 6.45) is 0. The molecule has 1 amide bonds. The maximum absolute atomic E-state index is 12.0. The van der Waals surface area contributed by atoms with Crippen LogP contribution in [0.25, 0.3) is 11.0 Å². The van der Waals surface area contributed by atoms with Gasteiger partial charge in [0, 0.05) is 10.7 Å². The highest BCUT2D eigenvalue weighted by Crippen LogP contribution is 2.15. The van der Waals surface area contributed by atoms with Crippen molar-refractivity contribution < 1.29 is 4.79 Å². The number of anilines is 1. The predicted molar refractivity (Wildman–Crippen MR) is 77.6 cm³/mol. The maximum atomic E-state index is 12.0. The van der Waals surface area contributed by atoms with E-state index in [-0.39, 0.29) is 12.5 Å². The monoisotopic (exact) mass is 286 g/mol. The second-order valence-electron chi connectivity index (χ2n) is 4.29. The van der Waals surface area contributed by atoms with Gasteiger partial charge in [0.05, 0.1) is 5.52 Å². The number of para-hydroxylation sites is 1. The zero-order valence-corrected chi connectivity index (χ0v) is 11.2. The second kappa shape index (κ2) is 5.30. The van der Waals surface area contributed by atoms with Crippen molar-refractivity contribution in [1.29, 1.82) is 0 Å². The molecule has 0 saturated carbocycles. The highest BCUT2D eigenvalue weighted by Gasteiger charge is 2.08. The van der Waals surface area contributed by atoms with Gasteiger partial charge in [0.25, 0.3) is 0 Å². The lowest BCUT2D eigenvalue weighted by atomic mass is 10.3. The van der Waals surface area contributed by atoms with Gasteiger partial charge < -0.3 is 5.32 Å². The molecule has 0 aliphatic heterocycles. The van der Waals surface area contributed by atoms with Crippen LogP contribution in [0.2, 0.25) is 5.02 Å². The lowest BCUT2D eigenvalue weighted by Crippen LogP contribution is -2.19. The Labute approximate surface area is 120 Å². The van der Waals surface area contributed by atoms with Crippen LogP contribution >= 0.6 is 11.6 Å². The summed E-state index contributed by atoms with van der Waals surface area (Å²) >= 11 is 5.87. The van der Waals surface area contributed by atoms with Gasteiger partial charge in [-0.15, -0.1) is 5.10 Å². The van der Waals surface area contributed by atoms with Gasteiger partial charge in [-0.3, -0.25) is 4.79 Å². The van der Waals surface area contributed by atoms with E-state index in [1.54, 1.807) is 28.9 Å². The minimum Gasteiger partial charge on any atom is -0.324 e. The molecule has 3 rings (SSSR count). The normalized spacial score (nSPS) is 10.7. The van der Waals surface area contributed by atoms with Crippen LogP contribution in [0.5, 0.6) is 0 Å². The number of hydrogen-bond donors (Lipinski definition) is 1. The van der Waals surface area contributed by atoms with Gasteiger partial charge >= 0.3 is 0 Å². The molecule has 100 valence electrons. The molecule has 1 heterocycles. The summed E-state index contributed by atoms with van der Waals surface area (Å²) < 4.78 is 1.56. The molecule has 0 atom stereocenters. The van der Waals surface area contributed by atoms with E-state index in [0.29, 0.717) is 10.7 Å². The average Bonchev–Trinajstić information content (AvgIpc) is 2.82. The average molecular weight is 287 g/mol. The molecule has 6 heteroatoms. The molecular weight excluding hydrogens is 276 g/mol. The smallest absolute Gasteiger partial charge is 0.246 e. The van der Waals surface area contributed by atoms with Crippen molar-refractivity contribution in [3.63, 3.8) is 0 Å². The Bertz CT molecular complexity index is 768. The molecule has 0 bridgehead atoms. The fourth-order valence-corrected chi connectivity index (χ4v) is 2.13. The molecule has 0 aliphatic rings. The zero-order chi connectivity index (χ0) is 13.9. The Morgan fingerprint density at radius 3 is 2.90 bits per heavy atom. The minimum absolute atomic E-state index is 0.104. The van der Waals surface area contributed by atoms with Crippen molar-refractivity contribution in [2.24, 2.45) is 0 Å². The fraction of sp³-hybridized carbons (Fsp3) is 0.0714. The molecule has 1 N–H and O–H groups in total. The largest absolute Gasteiger partial charge is 0.324 e. The van der Waals surface area contributed by atoms with Crippen LogP contribution < -0.4 is 5.32 Å². The molecule has 0 saturated heterocycles. The summed E-state index contributed by atoms with van der Waals surface area (Å²) in [5, 5.41) is 11.3. The van der Waals surface area contributed by atoms with Crippen LogP contribution in [0.1, 0.15) is 0 Å². The molecule has 2 aromatic carbocycles. The van der Waals surface area contributed by atoms with Gasteiger partial charge in [-0.05, 0) is 30.3 Å². The summed E-state index contributed by atoms with van der Waals surface area (Å²) in [5.41, 5.74) is 2.25. The van der Waals surface area contributed by atoms with Crippen LogP contribution in [0.15, 0.2) is 48.5 Å². The van der Waals surface area contributed by atoms with Crippen molar-refractivity contribution >= 4 is 34.2 Å². The lowest BCUT2D eigenvalue weighted by Gasteiger charge is -2.05.